The van der Waals surface area contributed by atoms with Crippen LogP contribution >= 0.6 is 11.3 Å². The minimum Gasteiger partial charge on any atom is -0.497 e. The van der Waals surface area contributed by atoms with Gasteiger partial charge in [-0.15, -0.1) is 11.3 Å². The van der Waals surface area contributed by atoms with Crippen molar-refractivity contribution in [1.82, 2.24) is 5.32 Å². The first-order valence-corrected chi connectivity index (χ1v) is 8.61. The molecule has 1 amide bonds. The molecule has 0 aliphatic heterocycles. The molecule has 0 saturated carbocycles. The maximum atomic E-state index is 12.7. The molecule has 0 aliphatic rings. The molecule has 23 heavy (non-hydrogen) atoms. The first kappa shape index (κ1) is 17.3. The average molecular weight is 332 g/mol. The number of amides is 1. The maximum absolute atomic E-state index is 12.7. The number of hydrogen-bond acceptors (Lipinski definition) is 4. The highest BCUT2D eigenvalue weighted by Crippen LogP contribution is 2.24. The summed E-state index contributed by atoms with van der Waals surface area (Å²) in [4.78, 5) is 13.8. The van der Waals surface area contributed by atoms with Crippen molar-refractivity contribution in [1.29, 1.82) is 0 Å². The summed E-state index contributed by atoms with van der Waals surface area (Å²) in [5.41, 5.74) is 0.175. The van der Waals surface area contributed by atoms with E-state index in [2.05, 4.69) is 23.6 Å². The van der Waals surface area contributed by atoms with E-state index in [9.17, 15) is 4.79 Å². The molecule has 0 spiro atoms. The molecule has 0 saturated heterocycles. The zero-order chi connectivity index (χ0) is 16.9. The van der Waals surface area contributed by atoms with E-state index in [4.69, 9.17) is 4.74 Å². The minimum atomic E-state index is -0.709. The van der Waals surface area contributed by atoms with Gasteiger partial charge in [-0.2, -0.15) is 0 Å². The summed E-state index contributed by atoms with van der Waals surface area (Å²) in [7, 11) is 1.63. The Morgan fingerprint density at radius 2 is 1.96 bits per heavy atom. The molecule has 2 rings (SSSR count). The number of methoxy groups -OCH3 is 1. The first-order chi connectivity index (χ1) is 11.0. The topological polar surface area (TPSA) is 50.4 Å². The molecule has 124 valence electrons. The molecule has 1 unspecified atom stereocenters. The molecule has 0 fully saturated rings. The number of rotatable bonds is 7. The molecular weight excluding hydrogens is 308 g/mol. The van der Waals surface area contributed by atoms with Crippen LogP contribution in [0.5, 0.6) is 5.75 Å². The molecule has 5 heteroatoms. The predicted molar refractivity (Wildman–Crippen MR) is 96.2 cm³/mol. The lowest BCUT2D eigenvalue weighted by Crippen LogP contribution is -2.48. The van der Waals surface area contributed by atoms with E-state index < -0.39 is 5.54 Å². The highest BCUT2D eigenvalue weighted by atomic mass is 32.1. The van der Waals surface area contributed by atoms with E-state index in [0.717, 1.165) is 17.9 Å². The van der Waals surface area contributed by atoms with Crippen LogP contribution in [0.1, 0.15) is 38.1 Å². The minimum absolute atomic E-state index is 0.0198. The largest absolute Gasteiger partial charge is 0.497 e. The van der Waals surface area contributed by atoms with Crippen molar-refractivity contribution in [3.05, 3.63) is 46.7 Å². The third-order valence-corrected chi connectivity index (χ3v) is 4.70. The zero-order valence-corrected chi connectivity index (χ0v) is 14.9. The van der Waals surface area contributed by atoms with Crippen molar-refractivity contribution in [3.63, 3.8) is 0 Å². The van der Waals surface area contributed by atoms with Gasteiger partial charge in [0, 0.05) is 10.6 Å². The summed E-state index contributed by atoms with van der Waals surface area (Å²) in [6.45, 7) is 5.84. The Balaban J connectivity index is 2.03. The van der Waals surface area contributed by atoms with Gasteiger partial charge < -0.3 is 15.4 Å². The van der Waals surface area contributed by atoms with Gasteiger partial charge in [0.15, 0.2) is 0 Å². The number of benzene rings is 1. The van der Waals surface area contributed by atoms with Crippen LogP contribution in [-0.2, 0) is 4.79 Å². The van der Waals surface area contributed by atoms with E-state index in [1.165, 1.54) is 4.88 Å². The number of hydrogen-bond donors (Lipinski definition) is 2. The van der Waals surface area contributed by atoms with Gasteiger partial charge in [-0.3, -0.25) is 4.79 Å². The van der Waals surface area contributed by atoms with Crippen LogP contribution in [0.3, 0.4) is 0 Å². The monoisotopic (exact) mass is 332 g/mol. The maximum Gasteiger partial charge on any atom is 0.245 e. The van der Waals surface area contributed by atoms with Gasteiger partial charge in [-0.05, 0) is 56.0 Å². The summed E-state index contributed by atoms with van der Waals surface area (Å²) in [5.74, 6) is 0.773. The van der Waals surface area contributed by atoms with Gasteiger partial charge in [0.05, 0.1) is 13.2 Å². The molecule has 4 nitrogen and oxygen atoms in total. The molecule has 1 heterocycles. The Kier molecular flexibility index (Phi) is 5.66. The fraction of sp³-hybridized carbons (Fsp3) is 0.389. The van der Waals surface area contributed by atoms with E-state index in [1.54, 1.807) is 18.4 Å². The molecule has 0 radical (unpaired) electrons. The summed E-state index contributed by atoms with van der Waals surface area (Å²) < 4.78 is 5.15. The Bertz CT molecular complexity index is 621. The van der Waals surface area contributed by atoms with Crippen molar-refractivity contribution in [3.8, 4) is 5.75 Å². The van der Waals surface area contributed by atoms with Gasteiger partial charge in [-0.1, -0.05) is 13.0 Å². The van der Waals surface area contributed by atoms with Gasteiger partial charge in [0.2, 0.25) is 5.91 Å². The molecular formula is C18H24N2O2S. The van der Waals surface area contributed by atoms with Crippen LogP contribution in [0.4, 0.5) is 5.69 Å². The smallest absolute Gasteiger partial charge is 0.245 e. The summed E-state index contributed by atoms with van der Waals surface area (Å²) >= 11 is 1.67. The van der Waals surface area contributed by atoms with Crippen LogP contribution in [0.2, 0.25) is 0 Å². The number of ether oxygens (including phenoxy) is 1. The second-order valence-electron chi connectivity index (χ2n) is 5.93. The van der Waals surface area contributed by atoms with E-state index in [0.29, 0.717) is 0 Å². The van der Waals surface area contributed by atoms with E-state index in [-0.39, 0.29) is 11.9 Å². The molecule has 1 aromatic carbocycles. The molecule has 2 N–H and O–H groups in total. The lowest BCUT2D eigenvalue weighted by molar-refractivity contribution is -0.125. The average Bonchev–Trinajstić information content (AvgIpc) is 3.07. The SMILES string of the molecule is CCC(NC(=O)C(C)(C)Nc1ccc(OC)cc1)c1cccs1. The Hall–Kier alpha value is -2.01. The quantitative estimate of drug-likeness (QED) is 0.798. The summed E-state index contributed by atoms with van der Waals surface area (Å²) in [6.07, 6.45) is 0.866. The van der Waals surface area contributed by atoms with Crippen molar-refractivity contribution >= 4 is 22.9 Å². The van der Waals surface area contributed by atoms with Gasteiger partial charge in [0.1, 0.15) is 11.3 Å². The van der Waals surface area contributed by atoms with Crippen LogP contribution in [0.15, 0.2) is 41.8 Å². The second kappa shape index (κ2) is 7.51. The zero-order valence-electron chi connectivity index (χ0n) is 14.1. The standard InChI is InChI=1S/C18H24N2O2S/c1-5-15(16-7-6-12-23-16)19-17(21)18(2,3)20-13-8-10-14(22-4)11-9-13/h6-12,15,20H,5H2,1-4H3,(H,19,21). The Morgan fingerprint density at radius 1 is 1.26 bits per heavy atom. The number of carbonyl (C=O) groups excluding carboxylic acids is 1. The Morgan fingerprint density at radius 3 is 2.48 bits per heavy atom. The number of anilines is 1. The van der Waals surface area contributed by atoms with Crippen molar-refractivity contribution < 1.29 is 9.53 Å². The molecule has 0 bridgehead atoms. The van der Waals surface area contributed by atoms with Crippen molar-refractivity contribution in [2.45, 2.75) is 38.8 Å². The number of carbonyl (C=O) groups is 1. The van der Waals surface area contributed by atoms with E-state index >= 15 is 0 Å². The highest BCUT2D eigenvalue weighted by molar-refractivity contribution is 7.10. The Labute approximate surface area is 141 Å². The predicted octanol–water partition coefficient (Wildman–Crippen LogP) is 4.21. The van der Waals surface area contributed by atoms with Gasteiger partial charge in [-0.25, -0.2) is 0 Å². The van der Waals surface area contributed by atoms with Gasteiger partial charge >= 0.3 is 0 Å². The van der Waals surface area contributed by atoms with Crippen molar-refractivity contribution in [2.75, 3.05) is 12.4 Å². The molecule has 1 aromatic heterocycles. The van der Waals surface area contributed by atoms with Crippen LogP contribution in [0.25, 0.3) is 0 Å². The highest BCUT2D eigenvalue weighted by Gasteiger charge is 2.29. The first-order valence-electron chi connectivity index (χ1n) is 7.73. The second-order valence-corrected chi connectivity index (χ2v) is 6.91. The molecule has 2 aromatic rings. The molecule has 1 atom stereocenters. The molecule has 0 aliphatic carbocycles. The fourth-order valence-corrected chi connectivity index (χ4v) is 3.16. The number of thiophene rings is 1. The lowest BCUT2D eigenvalue weighted by atomic mass is 10.0. The van der Waals surface area contributed by atoms with Crippen molar-refractivity contribution in [2.24, 2.45) is 0 Å². The fourth-order valence-electron chi connectivity index (χ4n) is 2.29. The van der Waals surface area contributed by atoms with Gasteiger partial charge in [0.25, 0.3) is 0 Å². The van der Waals surface area contributed by atoms with Crippen LogP contribution in [-0.4, -0.2) is 18.6 Å². The third-order valence-electron chi connectivity index (χ3n) is 3.71. The van der Waals surface area contributed by atoms with E-state index in [1.807, 2.05) is 49.6 Å². The lowest BCUT2D eigenvalue weighted by Gasteiger charge is -2.29. The summed E-state index contributed by atoms with van der Waals surface area (Å²) in [5, 5.41) is 8.45. The number of nitrogens with one attached hydrogen (secondary N) is 2. The normalized spacial score (nSPS) is 12.5. The third kappa shape index (κ3) is 4.48. The van der Waals surface area contributed by atoms with Crippen LogP contribution < -0.4 is 15.4 Å². The summed E-state index contributed by atoms with van der Waals surface area (Å²) in [6, 6.07) is 11.7. The van der Waals surface area contributed by atoms with Crippen LogP contribution in [0, 0.1) is 0 Å².